The van der Waals surface area contributed by atoms with Gasteiger partial charge in [0, 0.05) is 17.0 Å². The van der Waals surface area contributed by atoms with Crippen molar-refractivity contribution in [1.82, 2.24) is 14.9 Å². The lowest BCUT2D eigenvalue weighted by Crippen LogP contribution is -2.18. The first kappa shape index (κ1) is 15.9. The molecular weight excluding hydrogens is 308 g/mol. The number of H-pyrrole nitrogens is 1. The molecule has 114 valence electrons. The molecule has 0 aliphatic heterocycles. The fraction of sp³-hybridized carbons (Fsp3) is 0.429. The van der Waals surface area contributed by atoms with E-state index in [1.54, 1.807) is 4.68 Å². The van der Waals surface area contributed by atoms with Crippen molar-refractivity contribution in [3.8, 4) is 5.75 Å². The van der Waals surface area contributed by atoms with Gasteiger partial charge in [0.1, 0.15) is 5.75 Å². The van der Waals surface area contributed by atoms with E-state index < -0.39 is 0 Å². The second-order valence-electron chi connectivity index (χ2n) is 4.55. The number of hydrogen-bond donors (Lipinski definition) is 2. The molecule has 0 saturated carbocycles. The third kappa shape index (κ3) is 3.98. The molecule has 0 radical (unpaired) electrons. The molecule has 1 heterocycles. The summed E-state index contributed by atoms with van der Waals surface area (Å²) in [4.78, 5) is 0. The minimum absolute atomic E-state index is 0.554. The molecule has 0 fully saturated rings. The van der Waals surface area contributed by atoms with Gasteiger partial charge in [0.05, 0.1) is 13.2 Å². The second kappa shape index (κ2) is 7.47. The molecule has 1 aromatic carbocycles. The summed E-state index contributed by atoms with van der Waals surface area (Å²) < 4.78 is 7.97. The lowest BCUT2D eigenvalue weighted by Gasteiger charge is -2.13. The van der Waals surface area contributed by atoms with Gasteiger partial charge >= 0.3 is 0 Å². The highest BCUT2D eigenvalue weighted by Gasteiger charge is 2.08. The molecule has 0 atom stereocenters. The van der Waals surface area contributed by atoms with E-state index in [2.05, 4.69) is 22.5 Å². The van der Waals surface area contributed by atoms with E-state index in [9.17, 15) is 0 Å². The third-order valence-corrected chi connectivity index (χ3v) is 3.47. The maximum Gasteiger partial charge on any atom is 0.214 e. The molecule has 0 saturated heterocycles. The van der Waals surface area contributed by atoms with E-state index in [1.807, 2.05) is 25.1 Å². The highest BCUT2D eigenvalue weighted by atomic mass is 35.5. The van der Waals surface area contributed by atoms with E-state index in [0.717, 1.165) is 30.0 Å². The number of hydrogen-bond acceptors (Lipinski definition) is 4. The van der Waals surface area contributed by atoms with Crippen LogP contribution >= 0.6 is 23.8 Å². The van der Waals surface area contributed by atoms with Crippen molar-refractivity contribution >= 4 is 23.8 Å². The second-order valence-corrected chi connectivity index (χ2v) is 5.37. The zero-order valence-corrected chi connectivity index (χ0v) is 13.7. The number of nitrogens with one attached hydrogen (secondary N) is 2. The number of rotatable bonds is 7. The van der Waals surface area contributed by atoms with Gasteiger partial charge in [-0.15, -0.1) is 0 Å². The van der Waals surface area contributed by atoms with Crippen LogP contribution in [-0.2, 0) is 13.0 Å². The molecule has 0 spiro atoms. The van der Waals surface area contributed by atoms with Crippen LogP contribution in [0.15, 0.2) is 18.2 Å². The number of aromatic amines is 1. The average molecular weight is 327 g/mol. The monoisotopic (exact) mass is 326 g/mol. The first-order chi connectivity index (χ1) is 10.2. The van der Waals surface area contributed by atoms with Crippen LogP contribution in [0.2, 0.25) is 5.02 Å². The minimum atomic E-state index is 0.554. The van der Waals surface area contributed by atoms with Gasteiger partial charge in [0.15, 0.2) is 5.82 Å². The predicted molar refractivity (Wildman–Crippen MR) is 87.1 cm³/mol. The minimum Gasteiger partial charge on any atom is -0.494 e. The fourth-order valence-corrected chi connectivity index (χ4v) is 2.44. The summed E-state index contributed by atoms with van der Waals surface area (Å²) in [5.41, 5.74) is 4.25. The van der Waals surface area contributed by atoms with Crippen molar-refractivity contribution in [1.29, 1.82) is 0 Å². The molecule has 7 heteroatoms. The molecule has 0 aliphatic rings. The number of nitrogens with zero attached hydrogens (tertiary/aromatic N) is 2. The zero-order valence-electron chi connectivity index (χ0n) is 12.1. The summed E-state index contributed by atoms with van der Waals surface area (Å²) in [6.07, 6.45) is 1.86. The van der Waals surface area contributed by atoms with Gasteiger partial charge in [-0.25, -0.2) is 4.68 Å². The molecular formula is C14H19ClN4OS. The van der Waals surface area contributed by atoms with E-state index in [4.69, 9.17) is 28.6 Å². The molecule has 21 heavy (non-hydrogen) atoms. The van der Waals surface area contributed by atoms with Crippen molar-refractivity contribution < 1.29 is 4.74 Å². The van der Waals surface area contributed by atoms with Gasteiger partial charge < -0.3 is 10.2 Å². The van der Waals surface area contributed by atoms with Gasteiger partial charge in [-0.05, 0) is 43.8 Å². The Morgan fingerprint density at radius 2 is 2.24 bits per heavy atom. The summed E-state index contributed by atoms with van der Waals surface area (Å²) in [5.74, 6) is 1.71. The van der Waals surface area contributed by atoms with Crippen LogP contribution < -0.4 is 10.2 Å². The Balaban J connectivity index is 2.18. The van der Waals surface area contributed by atoms with Crippen LogP contribution in [0, 0.1) is 4.77 Å². The van der Waals surface area contributed by atoms with Crippen LogP contribution in [0.3, 0.4) is 0 Å². The molecule has 0 unspecified atom stereocenters. The Bertz CT molecular complexity index is 653. The molecule has 2 rings (SSSR count). The lowest BCUT2D eigenvalue weighted by molar-refractivity contribution is 0.336. The van der Waals surface area contributed by atoms with Crippen LogP contribution in [0.5, 0.6) is 5.75 Å². The molecule has 5 nitrogen and oxygen atoms in total. The Labute approximate surface area is 134 Å². The summed E-state index contributed by atoms with van der Waals surface area (Å²) in [6, 6.07) is 5.59. The van der Waals surface area contributed by atoms with Crippen molar-refractivity contribution in [2.45, 2.75) is 33.2 Å². The highest BCUT2D eigenvalue weighted by Crippen LogP contribution is 2.23. The van der Waals surface area contributed by atoms with Crippen LogP contribution in [0.4, 0.5) is 0 Å². The normalized spacial score (nSPS) is 10.6. The van der Waals surface area contributed by atoms with Crippen LogP contribution in [0.25, 0.3) is 0 Å². The topological polar surface area (TPSA) is 54.9 Å². The third-order valence-electron chi connectivity index (χ3n) is 2.97. The van der Waals surface area contributed by atoms with Crippen molar-refractivity contribution in [3.05, 3.63) is 39.4 Å². The maximum atomic E-state index is 6.06. The molecule has 1 aromatic heterocycles. The summed E-state index contributed by atoms with van der Waals surface area (Å²) in [6.45, 7) is 5.23. The summed E-state index contributed by atoms with van der Waals surface area (Å²) >= 11 is 11.3. The molecule has 0 amide bonds. The van der Waals surface area contributed by atoms with Gasteiger partial charge in [0.25, 0.3) is 0 Å². The van der Waals surface area contributed by atoms with E-state index in [0.29, 0.717) is 22.9 Å². The van der Waals surface area contributed by atoms with Crippen molar-refractivity contribution in [2.24, 2.45) is 0 Å². The molecule has 2 aromatic rings. The van der Waals surface area contributed by atoms with E-state index in [-0.39, 0.29) is 0 Å². The van der Waals surface area contributed by atoms with Gasteiger partial charge in [-0.1, -0.05) is 18.5 Å². The summed E-state index contributed by atoms with van der Waals surface area (Å²) in [5, 5.41) is 7.71. The molecule has 0 aliphatic carbocycles. The first-order valence-corrected chi connectivity index (χ1v) is 7.75. The smallest absolute Gasteiger partial charge is 0.214 e. The Morgan fingerprint density at radius 3 is 2.95 bits per heavy atom. The number of halogens is 1. The quantitative estimate of drug-likeness (QED) is 0.762. The highest BCUT2D eigenvalue weighted by molar-refractivity contribution is 7.71. The van der Waals surface area contributed by atoms with Crippen molar-refractivity contribution in [3.63, 3.8) is 0 Å². The van der Waals surface area contributed by atoms with E-state index >= 15 is 0 Å². The van der Waals surface area contributed by atoms with Gasteiger partial charge in [0.2, 0.25) is 4.77 Å². The Hall–Kier alpha value is -1.53. The van der Waals surface area contributed by atoms with Gasteiger partial charge in [-0.3, -0.25) is 5.10 Å². The average Bonchev–Trinajstić information content (AvgIpc) is 2.80. The number of aryl methyl sites for hydroxylation is 1. The lowest BCUT2D eigenvalue weighted by atomic mass is 10.2. The van der Waals surface area contributed by atoms with Crippen molar-refractivity contribution in [2.75, 3.05) is 12.0 Å². The van der Waals surface area contributed by atoms with Crippen LogP contribution in [0.1, 0.15) is 31.7 Å². The Morgan fingerprint density at radius 1 is 1.43 bits per heavy atom. The Kier molecular flexibility index (Phi) is 5.64. The maximum absolute atomic E-state index is 6.06. The first-order valence-electron chi connectivity index (χ1n) is 6.97. The molecule has 2 N–H and O–H groups in total. The van der Waals surface area contributed by atoms with E-state index in [1.165, 1.54) is 0 Å². The number of benzene rings is 1. The number of aromatic nitrogens is 3. The van der Waals surface area contributed by atoms with Crippen LogP contribution in [-0.4, -0.2) is 21.5 Å². The standard InChI is InChI=1S/C14H19ClN4OS/c1-3-5-13-17-18-14(21)19(13)16-9-10-8-11(15)6-7-12(10)20-4-2/h6-8,16H,3-5,9H2,1-2H3,(H,18,21). The predicted octanol–water partition coefficient (Wildman–Crippen LogP) is 3.69. The SMILES string of the molecule is CCCc1n[nH]c(=S)n1NCc1cc(Cl)ccc1OCC. The largest absolute Gasteiger partial charge is 0.494 e. The van der Waals surface area contributed by atoms with Gasteiger partial charge in [-0.2, -0.15) is 5.10 Å². The zero-order chi connectivity index (χ0) is 15.2. The molecule has 0 bridgehead atoms. The summed E-state index contributed by atoms with van der Waals surface area (Å²) in [7, 11) is 0. The number of ether oxygens (including phenoxy) is 1. The fourth-order valence-electron chi connectivity index (χ4n) is 2.03.